The quantitative estimate of drug-likeness (QED) is 0.148. The average Bonchev–Trinajstić information content (AvgIpc) is 3.23. The second-order valence-corrected chi connectivity index (χ2v) is 10.9. The third kappa shape index (κ3) is 7.92. The van der Waals surface area contributed by atoms with Gasteiger partial charge >= 0.3 is 17.7 Å². The van der Waals surface area contributed by atoms with Crippen LogP contribution in [0.4, 0.5) is 5.82 Å². The number of nitrogen functional groups attached to an aromatic ring is 1. The van der Waals surface area contributed by atoms with E-state index in [-0.39, 0.29) is 37.1 Å². The van der Waals surface area contributed by atoms with E-state index in [2.05, 4.69) is 15.0 Å². The van der Waals surface area contributed by atoms with E-state index >= 15 is 0 Å². The van der Waals surface area contributed by atoms with Crippen molar-refractivity contribution in [1.29, 1.82) is 0 Å². The summed E-state index contributed by atoms with van der Waals surface area (Å²) in [7, 11) is -0.521. The monoisotopic (exact) mass is 566 g/mol. The number of rotatable bonds is 16. The van der Waals surface area contributed by atoms with Crippen molar-refractivity contribution in [2.24, 2.45) is 0 Å². The smallest absolute Gasteiger partial charge is 0.327 e. The van der Waals surface area contributed by atoms with Crippen LogP contribution in [0.15, 0.2) is 34.0 Å². The van der Waals surface area contributed by atoms with Gasteiger partial charge < -0.3 is 24.9 Å². The van der Waals surface area contributed by atoms with Crippen LogP contribution in [0.2, 0.25) is 0 Å². The number of methoxy groups -OCH3 is 2. The summed E-state index contributed by atoms with van der Waals surface area (Å²) in [5.41, 5.74) is 6.99. The van der Waals surface area contributed by atoms with E-state index in [1.54, 1.807) is 28.6 Å². The number of esters is 1. The number of hydrogen-bond acceptors (Lipinski definition) is 11. The molecule has 14 heteroatoms. The first kappa shape index (κ1) is 30.4. The summed E-state index contributed by atoms with van der Waals surface area (Å²) in [5, 5.41) is 0. The van der Waals surface area contributed by atoms with Crippen molar-refractivity contribution in [3.05, 3.63) is 40.3 Å². The first-order valence-electron chi connectivity index (χ1n) is 12.8. The van der Waals surface area contributed by atoms with Crippen LogP contribution in [0.1, 0.15) is 38.2 Å². The van der Waals surface area contributed by atoms with Crippen molar-refractivity contribution in [1.82, 2.24) is 23.8 Å². The summed E-state index contributed by atoms with van der Waals surface area (Å²) in [6, 6.07) is 6.74. The highest BCUT2D eigenvalue weighted by atomic mass is 32.3. The van der Waals surface area contributed by atoms with Crippen molar-refractivity contribution < 1.29 is 28.1 Å². The van der Waals surface area contributed by atoms with Crippen molar-refractivity contribution in [3.8, 4) is 6.01 Å². The Labute approximate surface area is 228 Å². The molecule has 2 heterocycles. The van der Waals surface area contributed by atoms with Crippen LogP contribution >= 0.6 is 10.8 Å². The van der Waals surface area contributed by atoms with Gasteiger partial charge in [0, 0.05) is 26.7 Å². The molecule has 13 nitrogen and oxygen atoms in total. The minimum Gasteiger partial charge on any atom is -0.469 e. The van der Waals surface area contributed by atoms with Gasteiger partial charge in [-0.05, 0) is 37.0 Å². The summed E-state index contributed by atoms with van der Waals surface area (Å²) >= 11 is 0. The number of carbonyl (C=O) groups is 1. The highest BCUT2D eigenvalue weighted by Crippen LogP contribution is 2.51. The number of aromatic amines is 1. The molecule has 0 amide bonds. The second-order valence-electron chi connectivity index (χ2n) is 8.92. The lowest BCUT2D eigenvalue weighted by Crippen LogP contribution is -2.32. The number of nitrogens with one attached hydrogen (secondary N) is 1. The summed E-state index contributed by atoms with van der Waals surface area (Å²) in [6.45, 7) is 3.71. The van der Waals surface area contributed by atoms with E-state index in [0.717, 1.165) is 12.8 Å². The number of carbonyl (C=O) groups excluding carboxylic acids is 1. The fourth-order valence-corrected chi connectivity index (χ4v) is 5.52. The summed E-state index contributed by atoms with van der Waals surface area (Å²) in [6.07, 6.45) is 2.91. The Kier molecular flexibility index (Phi) is 11.1. The number of imidazole rings is 1. The number of aromatic nitrogens is 4. The second kappa shape index (κ2) is 14.3. The van der Waals surface area contributed by atoms with E-state index in [0.29, 0.717) is 54.2 Å². The lowest BCUT2D eigenvalue weighted by Gasteiger charge is -2.43. The Morgan fingerprint density at radius 2 is 1.95 bits per heavy atom. The molecular formula is C25H38N6O7S. The number of aryl methyl sites for hydroxylation is 1. The highest BCUT2D eigenvalue weighted by molar-refractivity contribution is 8.22. The molecule has 3 rings (SSSR count). The van der Waals surface area contributed by atoms with Gasteiger partial charge in [0.25, 0.3) is 0 Å². The van der Waals surface area contributed by atoms with Crippen LogP contribution in [0.5, 0.6) is 6.01 Å². The zero-order chi connectivity index (χ0) is 28.4. The molecular weight excluding hydrogens is 528 g/mol. The first-order valence-corrected chi connectivity index (χ1v) is 14.3. The number of nitrogens with two attached hydrogens (primary N) is 1. The lowest BCUT2D eigenvalue weighted by atomic mass is 10.1. The Balaban J connectivity index is 1.71. The number of hydrogen-bond donors (Lipinski definition) is 4. The maximum absolute atomic E-state index is 12.6. The standard InChI is InChI=1S/C25H38N6O7S/c1-4-5-14-38-24-28-22(26)21-23(29-24)31(25(33)27-21)12-7-6-11-30(13-15-36-2)39(34,35)19-10-8-9-18(16-19)17-20(32)37-3/h8-10,16,34-35H,4-7,11-15,17H2,1-3H3,(H,27,33)(H2,26,28,29). The van der Waals surface area contributed by atoms with Gasteiger partial charge in [-0.15, -0.1) is 10.8 Å². The molecule has 0 aliphatic rings. The highest BCUT2D eigenvalue weighted by Gasteiger charge is 2.25. The molecule has 2 aromatic heterocycles. The maximum Gasteiger partial charge on any atom is 0.327 e. The molecule has 39 heavy (non-hydrogen) atoms. The predicted molar refractivity (Wildman–Crippen MR) is 149 cm³/mol. The van der Waals surface area contributed by atoms with Gasteiger partial charge in [-0.3, -0.25) is 18.5 Å². The predicted octanol–water partition coefficient (Wildman–Crippen LogP) is 3.05. The van der Waals surface area contributed by atoms with E-state index in [4.69, 9.17) is 19.9 Å². The van der Waals surface area contributed by atoms with Crippen molar-refractivity contribution in [2.45, 2.75) is 50.5 Å². The number of benzene rings is 1. The van der Waals surface area contributed by atoms with Crippen LogP contribution in [-0.4, -0.2) is 79.4 Å². The molecule has 0 radical (unpaired) electrons. The molecule has 5 N–H and O–H groups in total. The third-order valence-electron chi connectivity index (χ3n) is 6.09. The number of H-pyrrole nitrogens is 1. The van der Waals surface area contributed by atoms with Crippen molar-refractivity contribution >= 4 is 33.7 Å². The molecule has 1 aromatic carbocycles. The van der Waals surface area contributed by atoms with Gasteiger partial charge in [-0.25, -0.2) is 4.79 Å². The normalized spacial score (nSPS) is 12.3. The summed E-state index contributed by atoms with van der Waals surface area (Å²) < 4.78 is 40.9. The van der Waals surface area contributed by atoms with Gasteiger partial charge in [0.2, 0.25) is 0 Å². The Bertz CT molecular complexity index is 1300. The van der Waals surface area contributed by atoms with E-state index in [9.17, 15) is 18.7 Å². The van der Waals surface area contributed by atoms with Crippen LogP contribution in [-0.2, 0) is 27.2 Å². The Morgan fingerprint density at radius 3 is 2.67 bits per heavy atom. The molecule has 0 spiro atoms. The molecule has 0 unspecified atom stereocenters. The van der Waals surface area contributed by atoms with E-state index in [1.165, 1.54) is 18.8 Å². The zero-order valence-electron chi connectivity index (χ0n) is 22.6. The van der Waals surface area contributed by atoms with Gasteiger partial charge in [-0.2, -0.15) is 14.3 Å². The maximum atomic E-state index is 12.6. The van der Waals surface area contributed by atoms with Crippen LogP contribution in [0.25, 0.3) is 11.2 Å². The number of anilines is 1. The fourth-order valence-electron chi connectivity index (χ4n) is 3.94. The van der Waals surface area contributed by atoms with Crippen molar-refractivity contribution in [3.63, 3.8) is 0 Å². The minimum atomic E-state index is -3.36. The minimum absolute atomic E-state index is 0.0245. The van der Waals surface area contributed by atoms with Crippen LogP contribution < -0.4 is 16.2 Å². The fraction of sp³-hybridized carbons (Fsp3) is 0.520. The van der Waals surface area contributed by atoms with E-state index < -0.39 is 16.7 Å². The van der Waals surface area contributed by atoms with Gasteiger partial charge in [0.05, 0.1) is 31.6 Å². The van der Waals surface area contributed by atoms with E-state index in [1.807, 2.05) is 6.92 Å². The molecule has 216 valence electrons. The van der Waals surface area contributed by atoms with Gasteiger partial charge in [-0.1, -0.05) is 25.5 Å². The molecule has 0 aliphatic carbocycles. The van der Waals surface area contributed by atoms with Crippen LogP contribution in [0.3, 0.4) is 0 Å². The lowest BCUT2D eigenvalue weighted by molar-refractivity contribution is -0.139. The van der Waals surface area contributed by atoms with Gasteiger partial charge in [0.15, 0.2) is 11.5 Å². The SMILES string of the molecule is CCCCOc1nc(N)c2[nH]c(=O)n(CCCCN(CCOC)S(O)(O)c3cccc(CC(=O)OC)c3)c2n1. The van der Waals surface area contributed by atoms with Gasteiger partial charge in [0.1, 0.15) is 5.52 Å². The largest absolute Gasteiger partial charge is 0.469 e. The molecule has 0 bridgehead atoms. The number of ether oxygens (including phenoxy) is 3. The molecule has 0 fully saturated rings. The Hall–Kier alpha value is -3.17. The number of nitrogens with zero attached hydrogens (tertiary/aromatic N) is 4. The molecule has 3 aromatic rings. The summed E-state index contributed by atoms with van der Waals surface area (Å²) in [4.78, 5) is 35.8. The number of unbranched alkanes of at least 4 members (excludes halogenated alkanes) is 2. The first-order chi connectivity index (χ1) is 18.7. The molecule has 0 atom stereocenters. The topological polar surface area (TPSA) is 178 Å². The zero-order valence-corrected chi connectivity index (χ0v) is 23.4. The average molecular weight is 567 g/mol. The summed E-state index contributed by atoms with van der Waals surface area (Å²) in [5.74, 6) is -0.282. The van der Waals surface area contributed by atoms with Crippen molar-refractivity contribution in [2.75, 3.05) is 46.3 Å². The Morgan fingerprint density at radius 1 is 1.15 bits per heavy atom. The molecule has 0 saturated heterocycles. The molecule has 0 aliphatic heterocycles. The molecule has 0 saturated carbocycles. The number of fused-ring (bicyclic) bond motifs is 1. The van der Waals surface area contributed by atoms with Crippen LogP contribution in [0, 0.1) is 0 Å². The third-order valence-corrected chi connectivity index (χ3v) is 8.07.